The second-order valence-corrected chi connectivity index (χ2v) is 3.96. The predicted molar refractivity (Wildman–Crippen MR) is 80.7 cm³/mol. The van der Waals surface area contributed by atoms with E-state index < -0.39 is 12.0 Å². The molecule has 0 saturated heterocycles. The topological polar surface area (TPSA) is 84.2 Å². The third-order valence-corrected chi connectivity index (χ3v) is 2.67. The minimum Gasteiger partial charge on any atom is -0.480 e. The standard InChI is InChI=1S/C12H13N3O3.2ClH/c1-8(12(17)18)13-6-15-7-14-10-5-3-2-4-9(10)11(15)16;;/h2-5,7-8,13H,6H2,1H3,(H,17,18);2*1H/t8-;;/m0../s1. The van der Waals surface area contributed by atoms with Gasteiger partial charge >= 0.3 is 5.97 Å². The van der Waals surface area contributed by atoms with E-state index in [0.717, 1.165) is 0 Å². The molecule has 1 heterocycles. The summed E-state index contributed by atoms with van der Waals surface area (Å²) in [5, 5.41) is 12.0. The Hall–Kier alpha value is -1.63. The summed E-state index contributed by atoms with van der Waals surface area (Å²) >= 11 is 0. The number of benzene rings is 1. The van der Waals surface area contributed by atoms with Gasteiger partial charge in [-0.15, -0.1) is 24.8 Å². The van der Waals surface area contributed by atoms with Gasteiger partial charge in [0, 0.05) is 0 Å². The van der Waals surface area contributed by atoms with Crippen LogP contribution in [0.5, 0.6) is 0 Å². The molecule has 0 aliphatic heterocycles. The number of para-hydroxylation sites is 1. The van der Waals surface area contributed by atoms with E-state index in [-0.39, 0.29) is 37.0 Å². The van der Waals surface area contributed by atoms with Crippen molar-refractivity contribution < 1.29 is 9.90 Å². The number of hydrogen-bond acceptors (Lipinski definition) is 4. The lowest BCUT2D eigenvalue weighted by atomic mass is 10.2. The summed E-state index contributed by atoms with van der Waals surface area (Å²) in [6.45, 7) is 1.63. The summed E-state index contributed by atoms with van der Waals surface area (Å²) in [6.07, 6.45) is 1.41. The number of nitrogens with one attached hydrogen (secondary N) is 1. The van der Waals surface area contributed by atoms with Gasteiger partial charge in [0.1, 0.15) is 6.04 Å². The van der Waals surface area contributed by atoms with Crippen LogP contribution in [-0.4, -0.2) is 26.7 Å². The Morgan fingerprint density at radius 2 is 2.05 bits per heavy atom. The highest BCUT2D eigenvalue weighted by Gasteiger charge is 2.10. The van der Waals surface area contributed by atoms with Crippen molar-refractivity contribution in [2.75, 3.05) is 0 Å². The molecule has 0 bridgehead atoms. The zero-order chi connectivity index (χ0) is 13.1. The van der Waals surface area contributed by atoms with Gasteiger partial charge in [-0.05, 0) is 19.1 Å². The van der Waals surface area contributed by atoms with Crippen LogP contribution in [0.25, 0.3) is 10.9 Å². The van der Waals surface area contributed by atoms with Crippen molar-refractivity contribution in [3.63, 3.8) is 0 Å². The number of hydrogen-bond donors (Lipinski definition) is 2. The average molecular weight is 320 g/mol. The number of aromatic nitrogens is 2. The maximum atomic E-state index is 12.0. The Bertz CT molecular complexity index is 645. The highest BCUT2D eigenvalue weighted by molar-refractivity contribution is 5.85. The molecule has 8 heteroatoms. The van der Waals surface area contributed by atoms with Gasteiger partial charge in [0.25, 0.3) is 5.56 Å². The van der Waals surface area contributed by atoms with E-state index in [1.54, 1.807) is 18.2 Å². The van der Waals surface area contributed by atoms with Gasteiger partial charge < -0.3 is 5.11 Å². The number of nitrogens with zero attached hydrogens (tertiary/aromatic N) is 2. The summed E-state index contributed by atoms with van der Waals surface area (Å²) in [7, 11) is 0. The Morgan fingerprint density at radius 1 is 1.40 bits per heavy atom. The van der Waals surface area contributed by atoms with Gasteiger partial charge in [0.15, 0.2) is 0 Å². The third-order valence-electron chi connectivity index (χ3n) is 2.67. The SMILES string of the molecule is C[C@H](NCn1cnc2ccccc2c1=O)C(=O)O.Cl.Cl. The second-order valence-electron chi connectivity index (χ2n) is 3.96. The third kappa shape index (κ3) is 3.93. The number of rotatable bonds is 4. The lowest BCUT2D eigenvalue weighted by Crippen LogP contribution is -2.38. The van der Waals surface area contributed by atoms with E-state index in [9.17, 15) is 9.59 Å². The minimum absolute atomic E-state index is 0. The van der Waals surface area contributed by atoms with Crippen molar-refractivity contribution in [3.05, 3.63) is 40.9 Å². The molecule has 2 N–H and O–H groups in total. The minimum atomic E-state index is -0.961. The largest absolute Gasteiger partial charge is 0.480 e. The molecule has 2 rings (SSSR count). The quantitative estimate of drug-likeness (QED) is 0.886. The maximum Gasteiger partial charge on any atom is 0.320 e. The molecule has 0 aliphatic carbocycles. The number of carbonyl (C=O) groups is 1. The van der Waals surface area contributed by atoms with E-state index in [1.165, 1.54) is 17.8 Å². The molecule has 1 aromatic heterocycles. The Morgan fingerprint density at radius 3 is 2.70 bits per heavy atom. The molecule has 1 atom stereocenters. The fraction of sp³-hybridized carbons (Fsp3) is 0.250. The summed E-state index contributed by atoms with van der Waals surface area (Å²) in [4.78, 5) is 26.8. The number of fused-ring (bicyclic) bond motifs is 1. The molecule has 0 fully saturated rings. The lowest BCUT2D eigenvalue weighted by Gasteiger charge is -2.11. The summed E-state index contributed by atoms with van der Waals surface area (Å²) in [6, 6.07) is 6.31. The van der Waals surface area contributed by atoms with Crippen LogP contribution in [0, 0.1) is 0 Å². The van der Waals surface area contributed by atoms with E-state index in [1.807, 2.05) is 6.07 Å². The van der Waals surface area contributed by atoms with Crippen LogP contribution in [0.4, 0.5) is 0 Å². The molecule has 0 aliphatic rings. The van der Waals surface area contributed by atoms with Crippen LogP contribution < -0.4 is 10.9 Å². The molecule has 20 heavy (non-hydrogen) atoms. The highest BCUT2D eigenvalue weighted by atomic mass is 35.5. The maximum absolute atomic E-state index is 12.0. The Labute approximate surface area is 127 Å². The Kier molecular flexibility index (Phi) is 7.20. The van der Waals surface area contributed by atoms with E-state index >= 15 is 0 Å². The molecule has 0 amide bonds. The zero-order valence-corrected chi connectivity index (χ0v) is 12.3. The molecule has 1 aromatic carbocycles. The van der Waals surface area contributed by atoms with Gasteiger partial charge in [-0.1, -0.05) is 12.1 Å². The summed E-state index contributed by atoms with van der Waals surface area (Å²) in [5.74, 6) is -0.961. The first-order valence-electron chi connectivity index (χ1n) is 5.50. The van der Waals surface area contributed by atoms with E-state index in [2.05, 4.69) is 10.3 Å². The lowest BCUT2D eigenvalue weighted by molar-refractivity contribution is -0.139. The first kappa shape index (κ1) is 18.4. The molecular formula is C12H15Cl2N3O3. The summed E-state index contributed by atoms with van der Waals surface area (Å²) < 4.78 is 1.35. The van der Waals surface area contributed by atoms with Gasteiger partial charge in [-0.25, -0.2) is 4.98 Å². The molecule has 0 unspecified atom stereocenters. The first-order chi connectivity index (χ1) is 8.59. The van der Waals surface area contributed by atoms with Crippen molar-refractivity contribution in [3.8, 4) is 0 Å². The molecule has 0 radical (unpaired) electrons. The predicted octanol–water partition coefficient (Wildman–Crippen LogP) is 1.26. The van der Waals surface area contributed by atoms with Gasteiger partial charge in [0.05, 0.1) is 23.9 Å². The molecule has 0 spiro atoms. The molecule has 2 aromatic rings. The van der Waals surface area contributed by atoms with Gasteiger partial charge in [-0.3, -0.25) is 19.5 Å². The molecular weight excluding hydrogens is 305 g/mol. The van der Waals surface area contributed by atoms with Crippen LogP contribution in [0.15, 0.2) is 35.4 Å². The van der Waals surface area contributed by atoms with Gasteiger partial charge in [-0.2, -0.15) is 0 Å². The highest BCUT2D eigenvalue weighted by Crippen LogP contribution is 2.04. The molecule has 0 saturated carbocycles. The van der Waals surface area contributed by atoms with Crippen LogP contribution in [-0.2, 0) is 11.5 Å². The van der Waals surface area contributed by atoms with Gasteiger partial charge in [0.2, 0.25) is 0 Å². The fourth-order valence-electron chi connectivity index (χ4n) is 1.54. The fourth-order valence-corrected chi connectivity index (χ4v) is 1.54. The smallest absolute Gasteiger partial charge is 0.320 e. The number of halogens is 2. The first-order valence-corrected chi connectivity index (χ1v) is 5.50. The van der Waals surface area contributed by atoms with Crippen molar-refractivity contribution in [1.82, 2.24) is 14.9 Å². The van der Waals surface area contributed by atoms with E-state index in [4.69, 9.17) is 5.11 Å². The van der Waals surface area contributed by atoms with Crippen LogP contribution in [0.2, 0.25) is 0 Å². The average Bonchev–Trinajstić information content (AvgIpc) is 2.38. The van der Waals surface area contributed by atoms with Crippen molar-refractivity contribution >= 4 is 41.7 Å². The Balaban J connectivity index is 0.00000180. The number of carboxylic acids is 1. The molecule has 110 valence electrons. The monoisotopic (exact) mass is 319 g/mol. The summed E-state index contributed by atoms with van der Waals surface area (Å²) in [5.41, 5.74) is 0.440. The van der Waals surface area contributed by atoms with Crippen molar-refractivity contribution in [2.45, 2.75) is 19.6 Å². The normalized spacial score (nSPS) is 11.2. The second kappa shape index (κ2) is 7.84. The number of aliphatic carboxylic acids is 1. The van der Waals surface area contributed by atoms with E-state index in [0.29, 0.717) is 10.9 Å². The number of carboxylic acid groups (broad SMARTS) is 1. The molecule has 6 nitrogen and oxygen atoms in total. The van der Waals surface area contributed by atoms with Crippen LogP contribution in [0.3, 0.4) is 0 Å². The van der Waals surface area contributed by atoms with Crippen molar-refractivity contribution in [2.24, 2.45) is 0 Å². The zero-order valence-electron chi connectivity index (χ0n) is 10.6. The van der Waals surface area contributed by atoms with Crippen molar-refractivity contribution in [1.29, 1.82) is 0 Å². The van der Waals surface area contributed by atoms with Crippen LogP contribution in [0.1, 0.15) is 6.92 Å². The van der Waals surface area contributed by atoms with Crippen LogP contribution >= 0.6 is 24.8 Å².